The number of hydrogen-bond acceptors (Lipinski definition) is 2. The number of carbonyl (C=O) groups is 1. The molecule has 1 aromatic rings. The Morgan fingerprint density at radius 3 is 2.30 bits per heavy atom. The number of carbonyl (C=O) groups excluding carboxylic acids is 1. The maximum atomic E-state index is 12.5. The van der Waals surface area contributed by atoms with Gasteiger partial charge in [-0.2, -0.15) is 13.2 Å². The normalized spacial score (nSPS) is 12.8. The summed E-state index contributed by atoms with van der Waals surface area (Å²) in [5.74, 6) is -0.552. The van der Waals surface area contributed by atoms with Crippen LogP contribution in [0.3, 0.4) is 0 Å². The minimum absolute atomic E-state index is 0.257. The maximum Gasteiger partial charge on any atom is 0.416 e. The second kappa shape index (κ2) is 5.99. The van der Waals surface area contributed by atoms with Crippen molar-refractivity contribution in [2.45, 2.75) is 32.5 Å². The summed E-state index contributed by atoms with van der Waals surface area (Å²) >= 11 is 3.05. The molecule has 0 aliphatic rings. The second-order valence-electron chi connectivity index (χ2n) is 5.10. The van der Waals surface area contributed by atoms with Crippen molar-refractivity contribution in [2.75, 3.05) is 0 Å². The summed E-state index contributed by atoms with van der Waals surface area (Å²) in [5, 5.41) is 0. The first-order chi connectivity index (χ1) is 8.99. The predicted octanol–water partition coefficient (Wildman–Crippen LogP) is 4.82. The van der Waals surface area contributed by atoms with Crippen molar-refractivity contribution in [3.8, 4) is 0 Å². The van der Waals surface area contributed by atoms with E-state index in [0.29, 0.717) is 5.56 Å². The fraction of sp³-hybridized carbons (Fsp3) is 0.357. The molecule has 6 heteroatoms. The van der Waals surface area contributed by atoms with Crippen LogP contribution in [0, 0.1) is 0 Å². The molecule has 0 fully saturated rings. The minimum atomic E-state index is -4.39. The number of hydrogen-bond donors (Lipinski definition) is 0. The zero-order valence-electron chi connectivity index (χ0n) is 11.2. The molecule has 1 aromatic carbocycles. The number of ether oxygens (including phenoxy) is 1. The molecule has 0 aliphatic carbocycles. The lowest BCUT2D eigenvalue weighted by Crippen LogP contribution is -2.22. The highest BCUT2D eigenvalue weighted by Gasteiger charge is 2.30. The molecule has 0 aliphatic heterocycles. The summed E-state index contributed by atoms with van der Waals surface area (Å²) in [6, 6.07) is 3.21. The summed E-state index contributed by atoms with van der Waals surface area (Å²) in [6.45, 7) is 5.19. The average Bonchev–Trinajstić information content (AvgIpc) is 2.23. The van der Waals surface area contributed by atoms with Crippen molar-refractivity contribution >= 4 is 28.0 Å². The standard InChI is InChI=1S/C14H14BrF3O2/c1-13(2,3)20-12(19)7-5-9-4-6-10(8-11(9)15)14(16,17)18/h4-8H,1-3H3. The highest BCUT2D eigenvalue weighted by atomic mass is 79.9. The summed E-state index contributed by atoms with van der Waals surface area (Å²) in [5.41, 5.74) is -0.902. The van der Waals surface area contributed by atoms with Gasteiger partial charge in [0, 0.05) is 10.5 Å². The number of rotatable bonds is 2. The van der Waals surface area contributed by atoms with Crippen LogP contribution < -0.4 is 0 Å². The maximum absolute atomic E-state index is 12.5. The lowest BCUT2D eigenvalue weighted by molar-refractivity contribution is -0.148. The van der Waals surface area contributed by atoms with Gasteiger partial charge in [0.25, 0.3) is 0 Å². The van der Waals surface area contributed by atoms with Gasteiger partial charge in [0.2, 0.25) is 0 Å². The average molecular weight is 351 g/mol. The van der Waals surface area contributed by atoms with E-state index in [1.807, 2.05) is 0 Å². The first-order valence-electron chi connectivity index (χ1n) is 5.77. The Labute approximate surface area is 123 Å². The number of benzene rings is 1. The number of esters is 1. The summed E-state index contributed by atoms with van der Waals surface area (Å²) < 4.78 is 42.8. The summed E-state index contributed by atoms with van der Waals surface area (Å²) in [4.78, 5) is 11.5. The van der Waals surface area contributed by atoms with Gasteiger partial charge in [-0.15, -0.1) is 0 Å². The molecule has 0 amide bonds. The van der Waals surface area contributed by atoms with Crippen LogP contribution in [0.1, 0.15) is 31.9 Å². The van der Waals surface area contributed by atoms with Crippen LogP contribution in [0.25, 0.3) is 6.08 Å². The Morgan fingerprint density at radius 2 is 1.85 bits per heavy atom. The zero-order chi connectivity index (χ0) is 15.6. The van der Waals surface area contributed by atoms with E-state index in [2.05, 4.69) is 15.9 Å². The molecule has 1 rings (SSSR count). The Hall–Kier alpha value is -1.30. The highest BCUT2D eigenvalue weighted by Crippen LogP contribution is 2.32. The van der Waals surface area contributed by atoms with E-state index in [0.717, 1.165) is 12.1 Å². The smallest absolute Gasteiger partial charge is 0.416 e. The van der Waals surface area contributed by atoms with E-state index in [1.165, 1.54) is 18.2 Å². The third kappa shape index (κ3) is 5.36. The SMILES string of the molecule is CC(C)(C)OC(=O)C=Cc1ccc(C(F)(F)F)cc1Br. The molecule has 0 saturated carbocycles. The highest BCUT2D eigenvalue weighted by molar-refractivity contribution is 9.10. The Balaban J connectivity index is 2.87. The lowest BCUT2D eigenvalue weighted by atomic mass is 10.1. The largest absolute Gasteiger partial charge is 0.457 e. The Morgan fingerprint density at radius 1 is 1.25 bits per heavy atom. The topological polar surface area (TPSA) is 26.3 Å². The third-order valence-corrected chi connectivity index (χ3v) is 2.82. The summed E-state index contributed by atoms with van der Waals surface area (Å²) in [7, 11) is 0. The van der Waals surface area contributed by atoms with Crippen molar-refractivity contribution in [3.05, 3.63) is 39.9 Å². The molecule has 0 radical (unpaired) electrons. The molecule has 110 valence electrons. The van der Waals surface area contributed by atoms with Gasteiger partial charge in [-0.3, -0.25) is 0 Å². The van der Waals surface area contributed by atoms with E-state index < -0.39 is 23.3 Å². The molecule has 0 bridgehead atoms. The Kier molecular flexibility index (Phi) is 5.02. The van der Waals surface area contributed by atoms with Gasteiger partial charge >= 0.3 is 12.1 Å². The van der Waals surface area contributed by atoms with Crippen molar-refractivity contribution in [1.29, 1.82) is 0 Å². The monoisotopic (exact) mass is 350 g/mol. The van der Waals surface area contributed by atoms with Crippen LogP contribution >= 0.6 is 15.9 Å². The van der Waals surface area contributed by atoms with Crippen LogP contribution in [0.4, 0.5) is 13.2 Å². The van der Waals surface area contributed by atoms with E-state index in [4.69, 9.17) is 4.74 Å². The molecular weight excluding hydrogens is 337 g/mol. The molecule has 2 nitrogen and oxygen atoms in total. The van der Waals surface area contributed by atoms with E-state index >= 15 is 0 Å². The van der Waals surface area contributed by atoms with Crippen LogP contribution in [0.5, 0.6) is 0 Å². The van der Waals surface area contributed by atoms with Crippen LogP contribution in [-0.2, 0) is 15.7 Å². The summed E-state index contributed by atoms with van der Waals surface area (Å²) in [6.07, 6.45) is -1.81. The Bertz CT molecular complexity index is 528. The van der Waals surface area contributed by atoms with Crippen LogP contribution in [0.2, 0.25) is 0 Å². The molecule has 0 aromatic heterocycles. The third-order valence-electron chi connectivity index (χ3n) is 2.13. The molecule has 20 heavy (non-hydrogen) atoms. The first kappa shape index (κ1) is 16.8. The van der Waals surface area contributed by atoms with Crippen molar-refractivity contribution < 1.29 is 22.7 Å². The van der Waals surface area contributed by atoms with Gasteiger partial charge in [0.1, 0.15) is 5.60 Å². The van der Waals surface area contributed by atoms with Crippen LogP contribution in [-0.4, -0.2) is 11.6 Å². The number of alkyl halides is 3. The van der Waals surface area contributed by atoms with Gasteiger partial charge < -0.3 is 4.74 Å². The second-order valence-corrected chi connectivity index (χ2v) is 5.96. The van der Waals surface area contributed by atoms with Gasteiger partial charge in [-0.05, 0) is 44.5 Å². The van der Waals surface area contributed by atoms with Gasteiger partial charge in [0.05, 0.1) is 5.56 Å². The fourth-order valence-electron chi connectivity index (χ4n) is 1.33. The molecule has 0 atom stereocenters. The van der Waals surface area contributed by atoms with Crippen molar-refractivity contribution in [1.82, 2.24) is 0 Å². The molecule has 0 spiro atoms. The first-order valence-corrected chi connectivity index (χ1v) is 6.56. The zero-order valence-corrected chi connectivity index (χ0v) is 12.8. The predicted molar refractivity (Wildman–Crippen MR) is 74.0 cm³/mol. The van der Waals surface area contributed by atoms with Crippen molar-refractivity contribution in [2.24, 2.45) is 0 Å². The van der Waals surface area contributed by atoms with E-state index in [9.17, 15) is 18.0 Å². The van der Waals surface area contributed by atoms with E-state index in [1.54, 1.807) is 20.8 Å². The molecule has 0 heterocycles. The van der Waals surface area contributed by atoms with Gasteiger partial charge in [-0.1, -0.05) is 22.0 Å². The molecule has 0 saturated heterocycles. The van der Waals surface area contributed by atoms with Crippen LogP contribution in [0.15, 0.2) is 28.7 Å². The van der Waals surface area contributed by atoms with Gasteiger partial charge in [-0.25, -0.2) is 4.79 Å². The lowest BCUT2D eigenvalue weighted by Gasteiger charge is -2.17. The molecule has 0 N–H and O–H groups in total. The molecule has 0 unspecified atom stereocenters. The fourth-order valence-corrected chi connectivity index (χ4v) is 1.84. The minimum Gasteiger partial charge on any atom is -0.457 e. The van der Waals surface area contributed by atoms with E-state index in [-0.39, 0.29) is 4.47 Å². The number of halogens is 4. The molecular formula is C14H14BrF3O2. The van der Waals surface area contributed by atoms with Crippen molar-refractivity contribution in [3.63, 3.8) is 0 Å². The quantitative estimate of drug-likeness (QED) is 0.564. The van der Waals surface area contributed by atoms with Gasteiger partial charge in [0.15, 0.2) is 0 Å².